The zero-order valence-electron chi connectivity index (χ0n) is 15.1. The Morgan fingerprint density at radius 2 is 1.69 bits per heavy atom. The second kappa shape index (κ2) is 8.39. The van der Waals surface area contributed by atoms with Crippen LogP contribution in [0.15, 0.2) is 66.7 Å². The van der Waals surface area contributed by atoms with Gasteiger partial charge in [0.05, 0.1) is 12.3 Å². The van der Waals surface area contributed by atoms with E-state index >= 15 is 0 Å². The highest BCUT2D eigenvalue weighted by Gasteiger charge is 2.20. The molecule has 3 aromatic carbocycles. The number of benzene rings is 3. The van der Waals surface area contributed by atoms with Gasteiger partial charge < -0.3 is 14.8 Å². The molecule has 4 heteroatoms. The van der Waals surface area contributed by atoms with Crippen LogP contribution in [-0.4, -0.2) is 18.6 Å². The summed E-state index contributed by atoms with van der Waals surface area (Å²) < 4.78 is 11.5. The molecule has 0 spiro atoms. The second-order valence-electron chi connectivity index (χ2n) is 5.94. The summed E-state index contributed by atoms with van der Waals surface area (Å²) in [5, 5.41) is 5.14. The molecule has 0 aliphatic rings. The van der Waals surface area contributed by atoms with Crippen LogP contribution >= 0.6 is 0 Å². The van der Waals surface area contributed by atoms with Gasteiger partial charge in [-0.25, -0.2) is 0 Å². The van der Waals surface area contributed by atoms with E-state index in [4.69, 9.17) is 9.47 Å². The summed E-state index contributed by atoms with van der Waals surface area (Å²) in [6.45, 7) is 4.38. The topological polar surface area (TPSA) is 47.6 Å². The second-order valence-corrected chi connectivity index (χ2v) is 5.94. The average Bonchev–Trinajstić information content (AvgIpc) is 2.67. The van der Waals surface area contributed by atoms with Gasteiger partial charge in [-0.2, -0.15) is 0 Å². The molecule has 0 fully saturated rings. The van der Waals surface area contributed by atoms with Gasteiger partial charge in [0.1, 0.15) is 11.5 Å². The first-order valence-electron chi connectivity index (χ1n) is 8.89. The van der Waals surface area contributed by atoms with Crippen molar-refractivity contribution < 1.29 is 14.3 Å². The molecule has 3 rings (SSSR count). The van der Waals surface area contributed by atoms with Crippen molar-refractivity contribution in [2.24, 2.45) is 0 Å². The van der Waals surface area contributed by atoms with E-state index in [2.05, 4.69) is 5.32 Å². The largest absolute Gasteiger partial charge is 0.492 e. The lowest BCUT2D eigenvalue weighted by Crippen LogP contribution is -2.32. The molecule has 1 atom stereocenters. The highest BCUT2D eigenvalue weighted by molar-refractivity contribution is 5.95. The van der Waals surface area contributed by atoms with Crippen molar-refractivity contribution in [3.63, 3.8) is 0 Å². The van der Waals surface area contributed by atoms with Crippen LogP contribution in [-0.2, 0) is 4.79 Å². The highest BCUT2D eigenvalue weighted by Crippen LogP contribution is 2.25. The van der Waals surface area contributed by atoms with Crippen molar-refractivity contribution in [2.75, 3.05) is 11.9 Å². The van der Waals surface area contributed by atoms with Gasteiger partial charge >= 0.3 is 0 Å². The first-order valence-corrected chi connectivity index (χ1v) is 8.89. The van der Waals surface area contributed by atoms with Gasteiger partial charge in [0.2, 0.25) is 0 Å². The molecular weight excluding hydrogens is 326 g/mol. The maximum atomic E-state index is 12.7. The van der Waals surface area contributed by atoms with E-state index in [0.29, 0.717) is 30.2 Å². The van der Waals surface area contributed by atoms with Crippen LogP contribution < -0.4 is 14.8 Å². The molecule has 3 aromatic rings. The fourth-order valence-electron chi connectivity index (χ4n) is 2.79. The minimum atomic E-state index is -0.578. The normalized spacial score (nSPS) is 11.8. The number of amides is 1. The van der Waals surface area contributed by atoms with E-state index in [-0.39, 0.29) is 5.91 Å². The summed E-state index contributed by atoms with van der Waals surface area (Å²) in [6, 6.07) is 21.3. The van der Waals surface area contributed by atoms with Gasteiger partial charge in [-0.15, -0.1) is 0 Å². The zero-order valence-corrected chi connectivity index (χ0v) is 15.1. The number of anilines is 1. The predicted molar refractivity (Wildman–Crippen MR) is 105 cm³/mol. The number of rotatable bonds is 7. The van der Waals surface area contributed by atoms with Crippen LogP contribution in [0.2, 0.25) is 0 Å². The van der Waals surface area contributed by atoms with Crippen LogP contribution in [0.25, 0.3) is 10.8 Å². The van der Waals surface area contributed by atoms with Crippen molar-refractivity contribution in [1.82, 2.24) is 0 Å². The van der Waals surface area contributed by atoms with E-state index in [1.807, 2.05) is 80.6 Å². The van der Waals surface area contributed by atoms with E-state index in [0.717, 1.165) is 10.8 Å². The Morgan fingerprint density at radius 3 is 2.46 bits per heavy atom. The molecular formula is C22H23NO3. The zero-order chi connectivity index (χ0) is 18.4. The fraction of sp³-hybridized carbons (Fsp3) is 0.227. The molecule has 134 valence electrons. The van der Waals surface area contributed by atoms with E-state index in [1.165, 1.54) is 0 Å². The molecule has 4 nitrogen and oxygen atoms in total. The SMILES string of the molecule is CCOc1ccccc1NC(=O)[C@H](CC)Oc1ccc2ccccc2c1. The van der Waals surface area contributed by atoms with Gasteiger partial charge in [0, 0.05) is 0 Å². The van der Waals surface area contributed by atoms with Gasteiger partial charge in [-0.3, -0.25) is 4.79 Å². The standard InChI is InChI=1S/C22H23NO3/c1-3-20(22(24)23-19-11-7-8-12-21(19)25-4-2)26-18-14-13-16-9-5-6-10-17(16)15-18/h5-15,20H,3-4H2,1-2H3,(H,23,24)/t20-/m0/s1. The quantitative estimate of drug-likeness (QED) is 0.650. The molecule has 0 aliphatic heterocycles. The summed E-state index contributed by atoms with van der Waals surface area (Å²) in [5.74, 6) is 1.15. The van der Waals surface area contributed by atoms with E-state index < -0.39 is 6.10 Å². The molecule has 0 saturated carbocycles. The summed E-state index contributed by atoms with van der Waals surface area (Å²) >= 11 is 0. The summed E-state index contributed by atoms with van der Waals surface area (Å²) in [7, 11) is 0. The van der Waals surface area contributed by atoms with Crippen molar-refractivity contribution >= 4 is 22.4 Å². The van der Waals surface area contributed by atoms with Crippen molar-refractivity contribution in [3.8, 4) is 11.5 Å². The lowest BCUT2D eigenvalue weighted by Gasteiger charge is -2.19. The Morgan fingerprint density at radius 1 is 0.962 bits per heavy atom. The highest BCUT2D eigenvalue weighted by atomic mass is 16.5. The Labute approximate surface area is 153 Å². The minimum absolute atomic E-state index is 0.187. The van der Waals surface area contributed by atoms with Crippen LogP contribution in [0.1, 0.15) is 20.3 Å². The number of fused-ring (bicyclic) bond motifs is 1. The van der Waals surface area contributed by atoms with Gasteiger partial charge in [0.25, 0.3) is 5.91 Å². The first-order chi connectivity index (χ1) is 12.7. The smallest absolute Gasteiger partial charge is 0.265 e. The summed E-state index contributed by atoms with van der Waals surface area (Å²) in [6.07, 6.45) is -0.0130. The van der Waals surface area contributed by atoms with Gasteiger partial charge in [0.15, 0.2) is 6.10 Å². The lowest BCUT2D eigenvalue weighted by atomic mass is 10.1. The number of carbonyl (C=O) groups excluding carboxylic acids is 1. The molecule has 1 N–H and O–H groups in total. The summed E-state index contributed by atoms with van der Waals surface area (Å²) in [4.78, 5) is 12.7. The van der Waals surface area contributed by atoms with E-state index in [9.17, 15) is 4.79 Å². The number of hydrogen-bond acceptors (Lipinski definition) is 3. The monoisotopic (exact) mass is 349 g/mol. The van der Waals surface area contributed by atoms with Crippen molar-refractivity contribution in [1.29, 1.82) is 0 Å². The molecule has 0 heterocycles. The molecule has 0 unspecified atom stereocenters. The van der Waals surface area contributed by atoms with Crippen LogP contribution in [0.3, 0.4) is 0 Å². The molecule has 1 amide bonds. The number of ether oxygens (including phenoxy) is 2. The van der Waals surface area contributed by atoms with Crippen LogP contribution in [0, 0.1) is 0 Å². The third kappa shape index (κ3) is 4.14. The maximum Gasteiger partial charge on any atom is 0.265 e. The predicted octanol–water partition coefficient (Wildman–Crippen LogP) is 5.03. The third-order valence-electron chi connectivity index (χ3n) is 4.11. The van der Waals surface area contributed by atoms with Crippen molar-refractivity contribution in [3.05, 3.63) is 66.7 Å². The third-order valence-corrected chi connectivity index (χ3v) is 4.11. The maximum absolute atomic E-state index is 12.7. The molecule has 26 heavy (non-hydrogen) atoms. The Hall–Kier alpha value is -3.01. The number of carbonyl (C=O) groups is 1. The average molecular weight is 349 g/mol. The molecule has 0 aromatic heterocycles. The van der Waals surface area contributed by atoms with Crippen LogP contribution in [0.5, 0.6) is 11.5 Å². The van der Waals surface area contributed by atoms with E-state index in [1.54, 1.807) is 0 Å². The molecule has 0 aliphatic carbocycles. The fourth-order valence-corrected chi connectivity index (χ4v) is 2.79. The lowest BCUT2D eigenvalue weighted by molar-refractivity contribution is -0.122. The van der Waals surface area contributed by atoms with Gasteiger partial charge in [-0.05, 0) is 48.4 Å². The van der Waals surface area contributed by atoms with Gasteiger partial charge in [-0.1, -0.05) is 49.4 Å². The summed E-state index contributed by atoms with van der Waals surface area (Å²) in [5.41, 5.74) is 0.653. The van der Waals surface area contributed by atoms with Crippen LogP contribution in [0.4, 0.5) is 5.69 Å². The first kappa shape index (κ1) is 17.8. The number of para-hydroxylation sites is 2. The Balaban J connectivity index is 1.74. The Bertz CT molecular complexity index is 891. The molecule has 0 radical (unpaired) electrons. The number of hydrogen-bond donors (Lipinski definition) is 1. The Kier molecular flexibility index (Phi) is 5.74. The van der Waals surface area contributed by atoms with Crippen molar-refractivity contribution in [2.45, 2.75) is 26.4 Å². The molecule has 0 bridgehead atoms. The minimum Gasteiger partial charge on any atom is -0.492 e. The number of nitrogens with one attached hydrogen (secondary N) is 1. The molecule has 0 saturated heterocycles.